The largest absolute Gasteiger partial charge is 0.284 e. The van der Waals surface area contributed by atoms with Crippen molar-refractivity contribution in [2.75, 3.05) is 20.2 Å². The smallest absolute Gasteiger partial charge is 0.265 e. The summed E-state index contributed by atoms with van der Waals surface area (Å²) in [7, 11) is -6.02. The van der Waals surface area contributed by atoms with Gasteiger partial charge in [0.25, 0.3) is 10.0 Å². The molecule has 1 aromatic rings. The molecule has 1 heterocycles. The van der Waals surface area contributed by atoms with Crippen molar-refractivity contribution in [2.24, 2.45) is 0 Å². The van der Waals surface area contributed by atoms with E-state index < -0.39 is 20.0 Å². The van der Waals surface area contributed by atoms with E-state index in [0.29, 0.717) is 13.2 Å². The normalized spacial score (nSPS) is 18.1. The van der Waals surface area contributed by atoms with Crippen LogP contribution in [0, 0.1) is 0 Å². The maximum atomic E-state index is 12.3. The highest BCUT2D eigenvalue weighted by Crippen LogP contribution is 2.21. The zero-order chi connectivity index (χ0) is 14.8. The average molecular weight is 320 g/mol. The van der Waals surface area contributed by atoms with Crippen LogP contribution in [0.2, 0.25) is 0 Å². The number of benzene rings is 1. The lowest BCUT2D eigenvalue weighted by Crippen LogP contribution is -2.35. The highest BCUT2D eigenvalue weighted by molar-refractivity contribution is 7.89. The van der Waals surface area contributed by atoms with Crippen molar-refractivity contribution in [1.29, 1.82) is 0 Å². The molecule has 20 heavy (non-hydrogen) atoms. The lowest BCUT2D eigenvalue weighted by molar-refractivity contribution is -0.108. The molecule has 1 aliphatic heterocycles. The Hall–Kier alpha value is -1.00. The molecule has 7 nitrogen and oxygen atoms in total. The Bertz CT molecular complexity index is 661. The van der Waals surface area contributed by atoms with Gasteiger partial charge in [0.15, 0.2) is 0 Å². The Morgan fingerprint density at radius 3 is 2.15 bits per heavy atom. The lowest BCUT2D eigenvalue weighted by Gasteiger charge is -2.25. The van der Waals surface area contributed by atoms with Crippen molar-refractivity contribution in [3.8, 4) is 0 Å². The van der Waals surface area contributed by atoms with E-state index in [1.165, 1.54) is 31.3 Å². The first kappa shape index (κ1) is 15.4. The van der Waals surface area contributed by atoms with Gasteiger partial charge in [-0.15, -0.1) is 0 Å². The van der Waals surface area contributed by atoms with Gasteiger partial charge in [-0.25, -0.2) is 21.6 Å². The molecule has 2 rings (SSSR count). The summed E-state index contributed by atoms with van der Waals surface area (Å²) in [4.78, 5) is 5.15. The molecular formula is C11H16N2O5S2. The van der Waals surface area contributed by atoms with Gasteiger partial charge in [0.2, 0.25) is 10.0 Å². The molecule has 0 aromatic heterocycles. The molecule has 0 aliphatic carbocycles. The SMILES string of the molecule is CNS(=O)(=O)c1ccc(S(=O)(=O)N2CCCCO2)cc1. The van der Waals surface area contributed by atoms with Crippen molar-refractivity contribution in [2.45, 2.75) is 22.6 Å². The van der Waals surface area contributed by atoms with E-state index in [9.17, 15) is 16.8 Å². The fourth-order valence-corrected chi connectivity index (χ4v) is 3.82. The van der Waals surface area contributed by atoms with Crippen LogP contribution in [0.15, 0.2) is 34.1 Å². The Morgan fingerprint density at radius 1 is 1.05 bits per heavy atom. The molecule has 9 heteroatoms. The zero-order valence-corrected chi connectivity index (χ0v) is 12.6. The second kappa shape index (κ2) is 5.78. The number of nitrogens with zero attached hydrogens (tertiary/aromatic N) is 1. The lowest BCUT2D eigenvalue weighted by atomic mass is 10.3. The molecule has 0 atom stereocenters. The van der Waals surface area contributed by atoms with Crippen LogP contribution in [-0.4, -0.2) is 41.5 Å². The monoisotopic (exact) mass is 320 g/mol. The molecule has 1 aromatic carbocycles. The van der Waals surface area contributed by atoms with E-state index in [0.717, 1.165) is 17.3 Å². The molecule has 1 aliphatic rings. The third-order valence-corrected chi connectivity index (χ3v) is 6.06. The molecular weight excluding hydrogens is 304 g/mol. The summed E-state index contributed by atoms with van der Waals surface area (Å²) in [6, 6.07) is 5.03. The van der Waals surface area contributed by atoms with Crippen LogP contribution < -0.4 is 4.72 Å². The predicted molar refractivity (Wildman–Crippen MR) is 71.8 cm³/mol. The highest BCUT2D eigenvalue weighted by Gasteiger charge is 2.27. The summed E-state index contributed by atoms with van der Waals surface area (Å²) in [5.41, 5.74) is 0. The fraction of sp³-hybridized carbons (Fsp3) is 0.455. The minimum absolute atomic E-state index is 0.00875. The zero-order valence-electron chi connectivity index (χ0n) is 10.9. The van der Waals surface area contributed by atoms with Gasteiger partial charge in [-0.05, 0) is 44.2 Å². The molecule has 0 spiro atoms. The van der Waals surface area contributed by atoms with E-state index >= 15 is 0 Å². The van der Waals surface area contributed by atoms with Crippen LogP contribution in [0.5, 0.6) is 0 Å². The Balaban J connectivity index is 2.30. The third kappa shape index (κ3) is 3.01. The van der Waals surface area contributed by atoms with Gasteiger partial charge in [0, 0.05) is 6.54 Å². The summed E-state index contributed by atoms with van der Waals surface area (Å²) in [6.45, 7) is 0.671. The summed E-state index contributed by atoms with van der Waals surface area (Å²) < 4.78 is 50.8. The Kier molecular flexibility index (Phi) is 4.45. The minimum atomic E-state index is -3.74. The maximum absolute atomic E-state index is 12.3. The Labute approximate surface area is 118 Å². The van der Waals surface area contributed by atoms with Crippen molar-refractivity contribution >= 4 is 20.0 Å². The van der Waals surface area contributed by atoms with E-state index in [4.69, 9.17) is 4.84 Å². The fourth-order valence-electron chi connectivity index (χ4n) is 1.79. The van der Waals surface area contributed by atoms with Crippen LogP contribution in [0.1, 0.15) is 12.8 Å². The second-order valence-corrected chi connectivity index (χ2v) is 7.97. The molecule has 1 saturated heterocycles. The number of rotatable bonds is 4. The molecule has 112 valence electrons. The van der Waals surface area contributed by atoms with Crippen LogP contribution in [0.3, 0.4) is 0 Å². The van der Waals surface area contributed by atoms with Gasteiger partial charge in [-0.3, -0.25) is 4.84 Å². The van der Waals surface area contributed by atoms with Gasteiger partial charge in [0.1, 0.15) is 0 Å². The molecule has 0 radical (unpaired) electrons. The van der Waals surface area contributed by atoms with Crippen molar-refractivity contribution in [3.05, 3.63) is 24.3 Å². The summed E-state index contributed by atoms with van der Waals surface area (Å²) in [5, 5.41) is 0. The molecule has 1 fully saturated rings. The summed E-state index contributed by atoms with van der Waals surface area (Å²) in [5.74, 6) is 0. The first-order valence-corrected chi connectivity index (χ1v) is 8.99. The number of hydrogen-bond donors (Lipinski definition) is 1. The maximum Gasteiger partial charge on any atom is 0.265 e. The standard InChI is InChI=1S/C11H16N2O5S2/c1-12-19(14,15)10-4-6-11(7-5-10)20(16,17)13-8-2-3-9-18-13/h4-7,12H,2-3,8-9H2,1H3. The molecule has 0 unspecified atom stereocenters. The first-order chi connectivity index (χ1) is 9.38. The van der Waals surface area contributed by atoms with Crippen molar-refractivity contribution in [1.82, 2.24) is 9.19 Å². The van der Waals surface area contributed by atoms with E-state index in [1.807, 2.05) is 0 Å². The second-order valence-electron chi connectivity index (χ2n) is 4.25. The van der Waals surface area contributed by atoms with Crippen LogP contribution in [0.25, 0.3) is 0 Å². The minimum Gasteiger partial charge on any atom is -0.284 e. The molecule has 1 N–H and O–H groups in total. The van der Waals surface area contributed by atoms with E-state index in [-0.39, 0.29) is 9.79 Å². The van der Waals surface area contributed by atoms with E-state index in [2.05, 4.69) is 4.72 Å². The number of sulfonamides is 2. The highest BCUT2D eigenvalue weighted by atomic mass is 32.2. The summed E-state index contributed by atoms with van der Waals surface area (Å²) in [6.07, 6.45) is 1.57. The topological polar surface area (TPSA) is 92.8 Å². The van der Waals surface area contributed by atoms with Crippen LogP contribution in [0.4, 0.5) is 0 Å². The van der Waals surface area contributed by atoms with Crippen LogP contribution >= 0.6 is 0 Å². The number of nitrogens with one attached hydrogen (secondary N) is 1. The van der Waals surface area contributed by atoms with Gasteiger partial charge < -0.3 is 0 Å². The first-order valence-electron chi connectivity index (χ1n) is 6.07. The Morgan fingerprint density at radius 2 is 1.65 bits per heavy atom. The quantitative estimate of drug-likeness (QED) is 0.862. The summed E-state index contributed by atoms with van der Waals surface area (Å²) >= 11 is 0. The van der Waals surface area contributed by atoms with Crippen molar-refractivity contribution < 1.29 is 21.7 Å². The van der Waals surface area contributed by atoms with Gasteiger partial charge in [-0.2, -0.15) is 0 Å². The van der Waals surface area contributed by atoms with Gasteiger partial charge in [-0.1, -0.05) is 4.47 Å². The number of hydroxylamine groups is 1. The third-order valence-electron chi connectivity index (χ3n) is 2.94. The molecule has 0 amide bonds. The van der Waals surface area contributed by atoms with Gasteiger partial charge >= 0.3 is 0 Å². The number of hydrogen-bond acceptors (Lipinski definition) is 5. The average Bonchev–Trinajstić information content (AvgIpc) is 2.48. The van der Waals surface area contributed by atoms with Gasteiger partial charge in [0.05, 0.1) is 16.4 Å². The van der Waals surface area contributed by atoms with Crippen LogP contribution in [-0.2, 0) is 24.9 Å². The van der Waals surface area contributed by atoms with Crippen molar-refractivity contribution in [3.63, 3.8) is 0 Å². The van der Waals surface area contributed by atoms with E-state index in [1.54, 1.807) is 0 Å². The molecule has 0 saturated carbocycles. The molecule has 0 bridgehead atoms. The predicted octanol–water partition coefficient (Wildman–Crippen LogP) is 0.311.